The molecule has 1 aliphatic carbocycles. The van der Waals surface area contributed by atoms with Crippen LogP contribution in [0, 0.1) is 0 Å². The normalized spacial score (nSPS) is 17.8. The molecule has 2 aromatic carbocycles. The predicted octanol–water partition coefficient (Wildman–Crippen LogP) is 1.11. The van der Waals surface area contributed by atoms with E-state index in [1.165, 1.54) is 16.3 Å². The third-order valence-corrected chi connectivity index (χ3v) is 11.0. The van der Waals surface area contributed by atoms with Gasteiger partial charge in [-0.3, -0.25) is 0 Å². The van der Waals surface area contributed by atoms with Gasteiger partial charge in [0.05, 0.1) is 8.07 Å². The van der Waals surface area contributed by atoms with Crippen molar-refractivity contribution in [2.75, 3.05) is 0 Å². The first kappa shape index (κ1) is 25.0. The Balaban J connectivity index is 0.000000243. The smallest absolute Gasteiger partial charge is 1.00 e. The molecule has 0 saturated carbocycles. The summed E-state index contributed by atoms with van der Waals surface area (Å²) < 4.78 is 0. The zero-order valence-electron chi connectivity index (χ0n) is 16.4. The Hall–Kier alpha value is -0.0500. The minimum absolute atomic E-state index is 0. The van der Waals surface area contributed by atoms with Crippen LogP contribution in [-0.4, -0.2) is 8.07 Å². The van der Waals surface area contributed by atoms with Crippen LogP contribution in [0.4, 0.5) is 0 Å². The van der Waals surface area contributed by atoms with Gasteiger partial charge < -0.3 is 24.8 Å². The summed E-state index contributed by atoms with van der Waals surface area (Å²) in [5, 5.41) is 6.74. The monoisotopic (exact) mass is 509 g/mol. The number of fused-ring (bicyclic) bond motifs is 1. The number of allylic oxidation sites excluding steroid dienone is 1. The van der Waals surface area contributed by atoms with E-state index >= 15 is 0 Å². The molecular formula is C22H25Cl2SSiZr. The largest absolute Gasteiger partial charge is 3.00 e. The number of benzene rings is 1. The SMILES string of the molecule is CC(C)c1cc2ccccc2[cH-]1.CC1=C2c3ccsc3C1[Si]2(C)C.[Cl-].[Cl-].[Zr+3]. The Morgan fingerprint density at radius 2 is 1.74 bits per heavy atom. The molecule has 0 spiro atoms. The molecule has 0 fully saturated rings. The number of hydrogen-bond donors (Lipinski definition) is 0. The Labute approximate surface area is 199 Å². The van der Waals surface area contributed by atoms with Gasteiger partial charge in [0, 0.05) is 10.4 Å². The van der Waals surface area contributed by atoms with Crippen molar-refractivity contribution in [1.29, 1.82) is 0 Å². The van der Waals surface area contributed by atoms with Crippen LogP contribution in [0.1, 0.15) is 48.2 Å². The van der Waals surface area contributed by atoms with Gasteiger partial charge in [0.15, 0.2) is 0 Å². The Bertz CT molecular complexity index is 919. The van der Waals surface area contributed by atoms with Crippen molar-refractivity contribution in [3.05, 3.63) is 69.4 Å². The van der Waals surface area contributed by atoms with Crippen LogP contribution in [0.15, 0.2) is 53.4 Å². The molecule has 27 heavy (non-hydrogen) atoms. The fourth-order valence-corrected chi connectivity index (χ4v) is 10.9. The van der Waals surface area contributed by atoms with Crippen LogP contribution in [0.5, 0.6) is 0 Å². The Morgan fingerprint density at radius 1 is 1.07 bits per heavy atom. The molecule has 1 atom stereocenters. The van der Waals surface area contributed by atoms with Crippen molar-refractivity contribution in [1.82, 2.24) is 0 Å². The second-order valence-corrected chi connectivity index (χ2v) is 13.5. The van der Waals surface area contributed by atoms with Gasteiger partial charge >= 0.3 is 26.2 Å². The van der Waals surface area contributed by atoms with E-state index in [4.69, 9.17) is 0 Å². The van der Waals surface area contributed by atoms with E-state index in [1.807, 2.05) is 11.3 Å². The van der Waals surface area contributed by atoms with Gasteiger partial charge in [-0.25, -0.2) is 0 Å². The second-order valence-electron chi connectivity index (χ2n) is 7.98. The first-order chi connectivity index (χ1) is 11.4. The average molecular weight is 512 g/mol. The Kier molecular flexibility index (Phi) is 8.50. The molecule has 3 aliphatic rings. The molecule has 0 saturated heterocycles. The van der Waals surface area contributed by atoms with Gasteiger partial charge in [0.25, 0.3) is 0 Å². The van der Waals surface area contributed by atoms with Gasteiger partial charge in [-0.05, 0) is 29.9 Å². The molecule has 141 valence electrons. The van der Waals surface area contributed by atoms with E-state index in [-0.39, 0.29) is 51.0 Å². The van der Waals surface area contributed by atoms with Crippen LogP contribution in [0.25, 0.3) is 16.0 Å². The summed E-state index contributed by atoms with van der Waals surface area (Å²) in [7, 11) is -0.972. The summed E-state index contributed by atoms with van der Waals surface area (Å²) in [6, 6.07) is 15.4. The third-order valence-electron chi connectivity index (χ3n) is 5.73. The van der Waals surface area contributed by atoms with Gasteiger partial charge in [-0.1, -0.05) is 43.8 Å². The zero-order valence-corrected chi connectivity index (χ0v) is 22.2. The average Bonchev–Trinajstić information content (AvgIpc) is 3.22. The van der Waals surface area contributed by atoms with Crippen molar-refractivity contribution in [3.8, 4) is 0 Å². The van der Waals surface area contributed by atoms with Crippen molar-refractivity contribution >= 4 is 35.4 Å². The summed E-state index contributed by atoms with van der Waals surface area (Å²) in [5.74, 6) is 0.636. The zero-order chi connectivity index (χ0) is 17.1. The summed E-state index contributed by atoms with van der Waals surface area (Å²) in [4.78, 5) is 1.68. The maximum Gasteiger partial charge on any atom is 3.00 e. The maximum atomic E-state index is 2.51. The number of rotatable bonds is 1. The fourth-order valence-electron chi connectivity index (χ4n) is 4.60. The van der Waals surface area contributed by atoms with E-state index in [2.05, 4.69) is 81.7 Å². The molecule has 2 aliphatic heterocycles. The van der Waals surface area contributed by atoms with Crippen LogP contribution in [0.3, 0.4) is 0 Å². The van der Waals surface area contributed by atoms with Gasteiger partial charge in [0.1, 0.15) is 0 Å². The molecule has 3 aromatic rings. The number of thiophene rings is 1. The molecule has 1 aromatic heterocycles. The molecule has 0 nitrogen and oxygen atoms in total. The first-order valence-electron chi connectivity index (χ1n) is 8.85. The van der Waals surface area contributed by atoms with Gasteiger partial charge in [0.2, 0.25) is 0 Å². The van der Waals surface area contributed by atoms with Crippen LogP contribution in [-0.2, 0) is 26.2 Å². The van der Waals surface area contributed by atoms with Crippen molar-refractivity contribution in [3.63, 3.8) is 0 Å². The summed E-state index contributed by atoms with van der Waals surface area (Å²) in [6.45, 7) is 11.8. The van der Waals surface area contributed by atoms with Crippen LogP contribution < -0.4 is 24.8 Å². The molecular weight excluding hydrogens is 487 g/mol. The summed E-state index contributed by atoms with van der Waals surface area (Å²) in [5.41, 5.74) is 5.63. The standard InChI is InChI=1S/C12H13.C10H12SSi.2ClH.Zr/c1-9(2)12-7-10-5-3-4-6-11(10)8-12;1-6-9-7-4-5-11-8(7)10(6)12(9,2)3;;;/h3-9H,1-2H3;4-5,10H,1-3H3;2*1H;/q-1;;;;+3/p-2. The van der Waals surface area contributed by atoms with Crippen molar-refractivity contribution in [2.45, 2.75) is 45.3 Å². The number of halogens is 2. The molecule has 6 rings (SSSR count). The Morgan fingerprint density at radius 3 is 2.30 bits per heavy atom. The topological polar surface area (TPSA) is 0 Å². The molecule has 5 heteroatoms. The van der Waals surface area contributed by atoms with Crippen LogP contribution >= 0.6 is 11.3 Å². The fraction of sp³-hybridized carbons (Fsp3) is 0.318. The number of hydrogen-bond acceptors (Lipinski definition) is 1. The van der Waals surface area contributed by atoms with Gasteiger partial charge in [-0.2, -0.15) is 6.07 Å². The first-order valence-corrected chi connectivity index (χ1v) is 12.8. The summed E-state index contributed by atoms with van der Waals surface area (Å²) in [6.07, 6.45) is 0. The molecule has 0 N–H and O–H groups in total. The van der Waals surface area contributed by atoms with E-state index in [0.29, 0.717) is 5.92 Å². The van der Waals surface area contributed by atoms with E-state index in [1.54, 1.807) is 21.2 Å². The maximum absolute atomic E-state index is 2.51. The minimum atomic E-state index is -0.972. The van der Waals surface area contributed by atoms with Crippen molar-refractivity contribution in [2.24, 2.45) is 0 Å². The quantitative estimate of drug-likeness (QED) is 0.339. The molecule has 0 amide bonds. The van der Waals surface area contributed by atoms with Crippen molar-refractivity contribution < 1.29 is 51.0 Å². The summed E-state index contributed by atoms with van der Waals surface area (Å²) >= 11 is 1.96. The van der Waals surface area contributed by atoms with E-state index in [0.717, 1.165) is 5.54 Å². The van der Waals surface area contributed by atoms with Gasteiger partial charge in [-0.15, -0.1) is 51.9 Å². The van der Waals surface area contributed by atoms with Crippen LogP contribution in [0.2, 0.25) is 13.1 Å². The minimum Gasteiger partial charge on any atom is -1.00 e. The third kappa shape index (κ3) is 4.01. The molecule has 3 heterocycles. The van der Waals surface area contributed by atoms with E-state index in [9.17, 15) is 0 Å². The van der Waals surface area contributed by atoms with E-state index < -0.39 is 8.07 Å². The molecule has 1 radical (unpaired) electrons. The molecule has 1 unspecified atom stereocenters. The predicted molar refractivity (Wildman–Crippen MR) is 111 cm³/mol. The second kappa shape index (κ2) is 9.18. The molecule has 2 bridgehead atoms.